The highest BCUT2D eigenvalue weighted by molar-refractivity contribution is 5.83. The number of hydrogen-bond donors (Lipinski definition) is 0. The van der Waals surface area contributed by atoms with Gasteiger partial charge in [-0.25, -0.2) is 4.79 Å². The Morgan fingerprint density at radius 2 is 2.18 bits per heavy atom. The SMILES string of the molecule is CC(C)(C)OC(=O)N1CCC2(CC(=O)CO2)C1. The van der Waals surface area contributed by atoms with Gasteiger partial charge in [-0.05, 0) is 27.2 Å². The Bertz CT molecular complexity index is 347. The molecule has 0 aromatic heterocycles. The van der Waals surface area contributed by atoms with Crippen LogP contribution in [0.4, 0.5) is 4.79 Å². The maximum atomic E-state index is 11.8. The standard InChI is InChI=1S/C12H19NO4/c1-11(2,3)17-10(15)13-5-4-12(8-13)6-9(14)7-16-12/h4-8H2,1-3H3. The molecule has 0 aromatic rings. The highest BCUT2D eigenvalue weighted by Crippen LogP contribution is 2.33. The summed E-state index contributed by atoms with van der Waals surface area (Å²) in [6, 6.07) is 0. The summed E-state index contributed by atoms with van der Waals surface area (Å²) >= 11 is 0. The van der Waals surface area contributed by atoms with Crippen molar-refractivity contribution in [3.05, 3.63) is 0 Å². The number of Topliss-reactive ketones (excluding diaryl/α,β-unsaturated/α-hetero) is 1. The van der Waals surface area contributed by atoms with Gasteiger partial charge in [0.25, 0.3) is 0 Å². The maximum absolute atomic E-state index is 11.8. The highest BCUT2D eigenvalue weighted by atomic mass is 16.6. The molecule has 1 amide bonds. The van der Waals surface area contributed by atoms with Crippen molar-refractivity contribution in [3.8, 4) is 0 Å². The van der Waals surface area contributed by atoms with E-state index in [9.17, 15) is 9.59 Å². The number of amides is 1. The van der Waals surface area contributed by atoms with Crippen molar-refractivity contribution < 1.29 is 19.1 Å². The van der Waals surface area contributed by atoms with Crippen LogP contribution in [0.1, 0.15) is 33.6 Å². The highest BCUT2D eigenvalue weighted by Gasteiger charge is 2.47. The molecule has 1 unspecified atom stereocenters. The van der Waals surface area contributed by atoms with Gasteiger partial charge in [-0.1, -0.05) is 0 Å². The molecule has 5 nitrogen and oxygen atoms in total. The van der Waals surface area contributed by atoms with Gasteiger partial charge in [0.05, 0.1) is 12.1 Å². The summed E-state index contributed by atoms with van der Waals surface area (Å²) in [4.78, 5) is 24.7. The smallest absolute Gasteiger partial charge is 0.410 e. The second-order valence-electron chi connectivity index (χ2n) is 5.84. The number of nitrogens with zero attached hydrogens (tertiary/aromatic N) is 1. The first-order valence-corrected chi connectivity index (χ1v) is 5.93. The fourth-order valence-corrected chi connectivity index (χ4v) is 2.28. The monoisotopic (exact) mass is 241 g/mol. The lowest BCUT2D eigenvalue weighted by Gasteiger charge is -2.26. The molecule has 2 saturated heterocycles. The van der Waals surface area contributed by atoms with E-state index in [4.69, 9.17) is 9.47 Å². The number of ether oxygens (including phenoxy) is 2. The van der Waals surface area contributed by atoms with E-state index in [1.165, 1.54) is 0 Å². The Kier molecular flexibility index (Phi) is 2.89. The van der Waals surface area contributed by atoms with Gasteiger partial charge in [0.15, 0.2) is 5.78 Å². The molecule has 1 atom stereocenters. The number of carbonyl (C=O) groups excluding carboxylic acids is 2. The zero-order valence-corrected chi connectivity index (χ0v) is 10.6. The molecule has 0 bridgehead atoms. The summed E-state index contributed by atoms with van der Waals surface area (Å²) in [6.07, 6.45) is 0.821. The molecule has 2 aliphatic heterocycles. The van der Waals surface area contributed by atoms with Gasteiger partial charge in [0.2, 0.25) is 0 Å². The van der Waals surface area contributed by atoms with Crippen LogP contribution in [0.2, 0.25) is 0 Å². The molecule has 0 radical (unpaired) electrons. The molecule has 96 valence electrons. The second kappa shape index (κ2) is 3.98. The van der Waals surface area contributed by atoms with E-state index in [2.05, 4.69) is 0 Å². The largest absolute Gasteiger partial charge is 0.444 e. The first-order chi connectivity index (χ1) is 7.80. The van der Waals surface area contributed by atoms with Crippen molar-refractivity contribution in [2.24, 2.45) is 0 Å². The molecule has 1 spiro atoms. The summed E-state index contributed by atoms with van der Waals surface area (Å²) in [6.45, 7) is 6.77. The van der Waals surface area contributed by atoms with E-state index < -0.39 is 11.2 Å². The minimum absolute atomic E-state index is 0.121. The average molecular weight is 241 g/mol. The van der Waals surface area contributed by atoms with Crippen LogP contribution in [-0.2, 0) is 14.3 Å². The van der Waals surface area contributed by atoms with Gasteiger partial charge in [-0.2, -0.15) is 0 Å². The van der Waals surface area contributed by atoms with Crippen molar-refractivity contribution in [2.75, 3.05) is 19.7 Å². The van der Waals surface area contributed by atoms with Crippen LogP contribution in [0.25, 0.3) is 0 Å². The van der Waals surface area contributed by atoms with Crippen LogP contribution in [0.15, 0.2) is 0 Å². The van der Waals surface area contributed by atoms with Gasteiger partial charge in [-0.3, -0.25) is 4.79 Å². The van der Waals surface area contributed by atoms with Crippen molar-refractivity contribution >= 4 is 11.9 Å². The Balaban J connectivity index is 1.94. The van der Waals surface area contributed by atoms with E-state index in [1.807, 2.05) is 20.8 Å². The van der Waals surface area contributed by atoms with Crippen LogP contribution >= 0.6 is 0 Å². The number of carbonyl (C=O) groups is 2. The quantitative estimate of drug-likeness (QED) is 0.642. The van der Waals surface area contributed by atoms with Crippen molar-refractivity contribution in [2.45, 2.75) is 44.8 Å². The van der Waals surface area contributed by atoms with Crippen LogP contribution in [0.5, 0.6) is 0 Å². The van der Waals surface area contributed by atoms with Gasteiger partial charge in [0, 0.05) is 13.0 Å². The van der Waals surface area contributed by atoms with Crippen LogP contribution in [-0.4, -0.2) is 47.7 Å². The third-order valence-corrected chi connectivity index (χ3v) is 3.03. The second-order valence-corrected chi connectivity index (χ2v) is 5.84. The van der Waals surface area contributed by atoms with Crippen molar-refractivity contribution in [1.29, 1.82) is 0 Å². The van der Waals surface area contributed by atoms with Gasteiger partial charge < -0.3 is 14.4 Å². The number of ketones is 1. The van der Waals surface area contributed by atoms with E-state index in [0.29, 0.717) is 19.5 Å². The summed E-state index contributed by atoms with van der Waals surface area (Å²) in [5, 5.41) is 0. The minimum Gasteiger partial charge on any atom is -0.444 e. The third kappa shape index (κ3) is 2.77. The van der Waals surface area contributed by atoms with E-state index in [-0.39, 0.29) is 18.5 Å². The summed E-state index contributed by atoms with van der Waals surface area (Å²) in [5.41, 5.74) is -0.923. The lowest BCUT2D eigenvalue weighted by atomic mass is 9.99. The molecule has 2 rings (SSSR count). The molecule has 2 heterocycles. The summed E-state index contributed by atoms with van der Waals surface area (Å²) < 4.78 is 10.8. The average Bonchev–Trinajstić information content (AvgIpc) is 2.72. The minimum atomic E-state index is -0.487. The first kappa shape index (κ1) is 12.4. The predicted octanol–water partition coefficient (Wildman–Crippen LogP) is 1.36. The zero-order chi connectivity index (χ0) is 12.7. The molecule has 0 aromatic carbocycles. The van der Waals surface area contributed by atoms with Crippen LogP contribution in [0.3, 0.4) is 0 Å². The molecule has 0 aliphatic carbocycles. The lowest BCUT2D eigenvalue weighted by Crippen LogP contribution is -2.39. The summed E-state index contributed by atoms with van der Waals surface area (Å²) in [5.74, 6) is 0.121. The molecule has 0 saturated carbocycles. The number of likely N-dealkylation sites (tertiary alicyclic amines) is 1. The van der Waals surface area contributed by atoms with E-state index >= 15 is 0 Å². The number of hydrogen-bond acceptors (Lipinski definition) is 4. The molecule has 17 heavy (non-hydrogen) atoms. The topological polar surface area (TPSA) is 55.8 Å². The fourth-order valence-electron chi connectivity index (χ4n) is 2.28. The molecule has 2 fully saturated rings. The van der Waals surface area contributed by atoms with E-state index in [1.54, 1.807) is 4.90 Å². The third-order valence-electron chi connectivity index (χ3n) is 3.03. The Hall–Kier alpha value is -1.10. The van der Waals surface area contributed by atoms with Crippen LogP contribution in [0, 0.1) is 0 Å². The molecular formula is C12H19NO4. The van der Waals surface area contributed by atoms with Crippen molar-refractivity contribution in [1.82, 2.24) is 4.90 Å². The Labute approximate surface area is 101 Å². The lowest BCUT2D eigenvalue weighted by molar-refractivity contribution is -0.117. The predicted molar refractivity (Wildman–Crippen MR) is 60.7 cm³/mol. The van der Waals surface area contributed by atoms with Crippen molar-refractivity contribution in [3.63, 3.8) is 0 Å². The molecule has 2 aliphatic rings. The van der Waals surface area contributed by atoms with Gasteiger partial charge in [0.1, 0.15) is 12.2 Å². The Morgan fingerprint density at radius 3 is 2.71 bits per heavy atom. The van der Waals surface area contributed by atoms with Gasteiger partial charge in [-0.15, -0.1) is 0 Å². The fraction of sp³-hybridized carbons (Fsp3) is 0.833. The normalized spacial score (nSPS) is 29.1. The number of rotatable bonds is 0. The molecule has 5 heteroatoms. The summed E-state index contributed by atoms with van der Waals surface area (Å²) in [7, 11) is 0. The van der Waals surface area contributed by atoms with Gasteiger partial charge >= 0.3 is 6.09 Å². The van der Waals surface area contributed by atoms with Crippen LogP contribution < -0.4 is 0 Å². The maximum Gasteiger partial charge on any atom is 0.410 e. The molecular weight excluding hydrogens is 222 g/mol. The first-order valence-electron chi connectivity index (χ1n) is 5.93. The Morgan fingerprint density at radius 1 is 1.47 bits per heavy atom. The zero-order valence-electron chi connectivity index (χ0n) is 10.6. The van der Waals surface area contributed by atoms with E-state index in [0.717, 1.165) is 6.42 Å². The molecule has 0 N–H and O–H groups in total.